The van der Waals surface area contributed by atoms with E-state index in [9.17, 15) is 10.1 Å². The van der Waals surface area contributed by atoms with Crippen LogP contribution >= 0.6 is 23.1 Å². The van der Waals surface area contributed by atoms with Gasteiger partial charge in [0.1, 0.15) is 16.6 Å². The van der Waals surface area contributed by atoms with Crippen LogP contribution in [0, 0.1) is 17.2 Å². The zero-order valence-corrected chi connectivity index (χ0v) is 12.9. The molecule has 2 N–H and O–H groups in total. The number of anilines is 2. The highest BCUT2D eigenvalue weighted by Gasteiger charge is 2.34. The molecule has 0 bridgehead atoms. The maximum absolute atomic E-state index is 12.3. The molecule has 6 heteroatoms. The van der Waals surface area contributed by atoms with Crippen LogP contribution in [0.4, 0.5) is 10.7 Å². The number of carbonyl (C=O) groups excluding carboxylic acids is 1. The van der Waals surface area contributed by atoms with Crippen molar-refractivity contribution in [2.45, 2.75) is 19.3 Å². The van der Waals surface area contributed by atoms with Crippen LogP contribution in [0.2, 0.25) is 0 Å². The van der Waals surface area contributed by atoms with E-state index in [0.29, 0.717) is 16.1 Å². The molecule has 2 heterocycles. The monoisotopic (exact) mass is 307 g/mol. The van der Waals surface area contributed by atoms with Gasteiger partial charge in [-0.05, 0) is 25.0 Å². The Kier molecular flexibility index (Phi) is 3.90. The first-order valence-electron chi connectivity index (χ1n) is 6.91. The number of hydrogen-bond acceptors (Lipinski definition) is 6. The predicted molar refractivity (Wildman–Crippen MR) is 84.7 cm³/mol. The van der Waals surface area contributed by atoms with E-state index < -0.39 is 0 Å². The second-order valence-electron chi connectivity index (χ2n) is 5.23. The number of hydrogen-bond donors (Lipinski definition) is 1. The fourth-order valence-corrected chi connectivity index (χ4v) is 4.55. The van der Waals surface area contributed by atoms with Gasteiger partial charge in [0.25, 0.3) is 0 Å². The molecule has 3 rings (SSSR count). The molecule has 1 aliphatic carbocycles. The van der Waals surface area contributed by atoms with Crippen LogP contribution in [0.5, 0.6) is 0 Å². The Morgan fingerprint density at radius 1 is 1.35 bits per heavy atom. The number of ketones is 1. The lowest BCUT2D eigenvalue weighted by Gasteiger charge is -2.20. The molecule has 1 aliphatic heterocycles. The Hall–Kier alpha value is -1.19. The third-order valence-electron chi connectivity index (χ3n) is 3.72. The van der Waals surface area contributed by atoms with E-state index in [0.717, 1.165) is 48.9 Å². The first-order chi connectivity index (χ1) is 9.72. The molecule has 0 amide bonds. The van der Waals surface area contributed by atoms with Crippen molar-refractivity contribution in [3.8, 4) is 6.07 Å². The zero-order chi connectivity index (χ0) is 14.1. The molecule has 1 aromatic rings. The molecule has 0 spiro atoms. The molecule has 106 valence electrons. The number of thiophene rings is 1. The second-order valence-corrected chi connectivity index (χ2v) is 7.45. The third kappa shape index (κ3) is 2.52. The molecule has 4 nitrogen and oxygen atoms in total. The van der Waals surface area contributed by atoms with Gasteiger partial charge >= 0.3 is 0 Å². The van der Waals surface area contributed by atoms with Crippen LogP contribution in [0.3, 0.4) is 0 Å². The first kappa shape index (κ1) is 13.8. The van der Waals surface area contributed by atoms with E-state index in [1.807, 2.05) is 11.8 Å². The van der Waals surface area contributed by atoms with Gasteiger partial charge in [-0.3, -0.25) is 4.79 Å². The van der Waals surface area contributed by atoms with E-state index in [1.54, 1.807) is 0 Å². The summed E-state index contributed by atoms with van der Waals surface area (Å²) in [6.07, 6.45) is 3.04. The van der Waals surface area contributed by atoms with Gasteiger partial charge in [0.15, 0.2) is 5.78 Å². The average Bonchev–Trinajstić information content (AvgIpc) is 3.25. The van der Waals surface area contributed by atoms with Gasteiger partial charge < -0.3 is 10.6 Å². The number of Topliss-reactive ketones (excluding diaryl/α,β-unsaturated/α-hetero) is 1. The zero-order valence-electron chi connectivity index (χ0n) is 11.2. The maximum atomic E-state index is 12.3. The normalized spacial score (nSPS) is 19.4. The summed E-state index contributed by atoms with van der Waals surface area (Å²) in [6.45, 7) is 1.87. The Labute approximate surface area is 126 Å². The van der Waals surface area contributed by atoms with Crippen LogP contribution in [-0.2, 0) is 0 Å². The standard InChI is InChI=1S/C14H17N3OS2/c15-8-10-11(16)13(12(18)9-2-3-9)20-14(10)17-4-1-6-19-7-5-17/h9H,1-7,16H2. The van der Waals surface area contributed by atoms with E-state index in [-0.39, 0.29) is 11.7 Å². The van der Waals surface area contributed by atoms with Crippen molar-refractivity contribution in [2.24, 2.45) is 5.92 Å². The Balaban J connectivity index is 1.95. The van der Waals surface area contributed by atoms with E-state index in [1.165, 1.54) is 11.3 Å². The summed E-state index contributed by atoms with van der Waals surface area (Å²) in [5.41, 5.74) is 6.97. The molecular weight excluding hydrogens is 290 g/mol. The maximum Gasteiger partial charge on any atom is 0.178 e. The lowest BCUT2D eigenvalue weighted by atomic mass is 10.1. The minimum atomic E-state index is 0.138. The highest BCUT2D eigenvalue weighted by Crippen LogP contribution is 2.43. The highest BCUT2D eigenvalue weighted by atomic mass is 32.2. The molecule has 0 unspecified atom stereocenters. The average molecular weight is 307 g/mol. The van der Waals surface area contributed by atoms with E-state index in [4.69, 9.17) is 5.73 Å². The van der Waals surface area contributed by atoms with Gasteiger partial charge in [-0.15, -0.1) is 11.3 Å². The van der Waals surface area contributed by atoms with Crippen LogP contribution in [-0.4, -0.2) is 30.4 Å². The highest BCUT2D eigenvalue weighted by molar-refractivity contribution is 7.99. The van der Waals surface area contributed by atoms with Gasteiger partial charge in [-0.25, -0.2) is 0 Å². The van der Waals surface area contributed by atoms with Gasteiger partial charge in [-0.1, -0.05) is 0 Å². The second kappa shape index (κ2) is 5.66. The summed E-state index contributed by atoms with van der Waals surface area (Å²) in [7, 11) is 0. The molecule has 1 saturated heterocycles. The minimum Gasteiger partial charge on any atom is -0.396 e. The molecule has 2 aliphatic rings. The molecule has 0 aromatic carbocycles. The van der Waals surface area contributed by atoms with Gasteiger partial charge in [0.05, 0.1) is 10.6 Å². The molecule has 20 heavy (non-hydrogen) atoms. The molecular formula is C14H17N3OS2. The van der Waals surface area contributed by atoms with Crippen LogP contribution in [0.1, 0.15) is 34.5 Å². The number of carbonyl (C=O) groups is 1. The molecule has 0 radical (unpaired) electrons. The van der Waals surface area contributed by atoms with Crippen molar-refractivity contribution in [2.75, 3.05) is 35.2 Å². The van der Waals surface area contributed by atoms with Crippen molar-refractivity contribution in [1.29, 1.82) is 5.26 Å². The fourth-order valence-electron chi connectivity index (χ4n) is 2.43. The van der Waals surface area contributed by atoms with Crippen molar-refractivity contribution in [3.63, 3.8) is 0 Å². The van der Waals surface area contributed by atoms with Gasteiger partial charge in [0, 0.05) is 24.8 Å². The van der Waals surface area contributed by atoms with E-state index in [2.05, 4.69) is 11.0 Å². The molecule has 0 atom stereocenters. The Morgan fingerprint density at radius 3 is 2.85 bits per heavy atom. The summed E-state index contributed by atoms with van der Waals surface area (Å²) in [5.74, 6) is 2.51. The summed E-state index contributed by atoms with van der Waals surface area (Å²) in [6, 6.07) is 2.20. The minimum absolute atomic E-state index is 0.138. The lowest BCUT2D eigenvalue weighted by Crippen LogP contribution is -2.25. The molecule has 1 saturated carbocycles. The topological polar surface area (TPSA) is 70.1 Å². The number of nitrogen functional groups attached to an aromatic ring is 1. The number of nitrogens with zero attached hydrogens (tertiary/aromatic N) is 2. The third-order valence-corrected chi connectivity index (χ3v) is 6.05. The fraction of sp³-hybridized carbons (Fsp3) is 0.571. The Morgan fingerprint density at radius 2 is 2.15 bits per heavy atom. The van der Waals surface area contributed by atoms with Crippen molar-refractivity contribution >= 4 is 39.6 Å². The van der Waals surface area contributed by atoms with Crippen molar-refractivity contribution in [3.05, 3.63) is 10.4 Å². The SMILES string of the molecule is N#Cc1c(N2CCCSCC2)sc(C(=O)C2CC2)c1N. The van der Waals surface area contributed by atoms with E-state index >= 15 is 0 Å². The first-order valence-corrected chi connectivity index (χ1v) is 8.88. The largest absolute Gasteiger partial charge is 0.396 e. The number of rotatable bonds is 3. The summed E-state index contributed by atoms with van der Waals surface area (Å²) >= 11 is 3.36. The molecule has 1 aromatic heterocycles. The Bertz CT molecular complexity index is 564. The van der Waals surface area contributed by atoms with Crippen LogP contribution in [0.15, 0.2) is 0 Å². The van der Waals surface area contributed by atoms with Crippen LogP contribution in [0.25, 0.3) is 0 Å². The van der Waals surface area contributed by atoms with Gasteiger partial charge in [0.2, 0.25) is 0 Å². The predicted octanol–water partition coefficient (Wildman–Crippen LogP) is 2.74. The smallest absolute Gasteiger partial charge is 0.178 e. The number of nitriles is 1. The lowest BCUT2D eigenvalue weighted by molar-refractivity contribution is 0.0972. The quantitative estimate of drug-likeness (QED) is 0.870. The van der Waals surface area contributed by atoms with Crippen LogP contribution < -0.4 is 10.6 Å². The van der Waals surface area contributed by atoms with Crippen molar-refractivity contribution < 1.29 is 4.79 Å². The number of thioether (sulfide) groups is 1. The number of nitrogens with two attached hydrogens (primary N) is 1. The van der Waals surface area contributed by atoms with Gasteiger partial charge in [-0.2, -0.15) is 17.0 Å². The summed E-state index contributed by atoms with van der Waals surface area (Å²) in [5, 5.41) is 10.3. The summed E-state index contributed by atoms with van der Waals surface area (Å²) < 4.78 is 0. The summed E-state index contributed by atoms with van der Waals surface area (Å²) in [4.78, 5) is 15.1. The molecule has 2 fully saturated rings. The van der Waals surface area contributed by atoms with Crippen molar-refractivity contribution in [1.82, 2.24) is 0 Å².